The number of benzene rings is 10. The van der Waals surface area contributed by atoms with Crippen LogP contribution in [0.1, 0.15) is 0 Å². The van der Waals surface area contributed by atoms with Gasteiger partial charge >= 0.3 is 0 Å². The molecule has 0 N–H and O–H groups in total. The Morgan fingerprint density at radius 1 is 0.315 bits per heavy atom. The van der Waals surface area contributed by atoms with Crippen LogP contribution in [0.15, 0.2) is 205 Å². The number of hydrogen-bond acceptors (Lipinski definition) is 2. The van der Waals surface area contributed by atoms with Crippen LogP contribution in [0.2, 0.25) is 0 Å². The lowest BCUT2D eigenvalue weighted by molar-refractivity contribution is 0.670. The summed E-state index contributed by atoms with van der Waals surface area (Å²) in [5, 5.41) is 12.0. The van der Waals surface area contributed by atoms with Crippen LogP contribution < -0.4 is 4.90 Å². The Labute approximate surface area is 312 Å². The highest BCUT2D eigenvalue weighted by Crippen LogP contribution is 2.47. The smallest absolute Gasteiger partial charge is 0.143 e. The third-order valence-electron chi connectivity index (χ3n) is 11.0. The van der Waals surface area contributed by atoms with Gasteiger partial charge in [-0.05, 0) is 85.2 Å². The highest BCUT2D eigenvalue weighted by Gasteiger charge is 2.23. The fourth-order valence-corrected chi connectivity index (χ4v) is 8.49. The summed E-state index contributed by atoms with van der Waals surface area (Å²) < 4.78 is 6.80. The Hall–Kier alpha value is -7.16. The van der Waals surface area contributed by atoms with Crippen molar-refractivity contribution >= 4 is 82.1 Å². The molecule has 2 nitrogen and oxygen atoms in total. The standard InChI is InChI=1S/C52H33NO/c1-2-15-37-33-51-48(31-36(37)14-1)47-25-12-24-46(52(47)54-51)45-22-9-10-26-49(45)53(50-32-38-16-4-6-19-42(38)43-20-7-8-21-44(43)50)39-29-27-35(28-30-39)41-23-11-17-34-13-3-5-18-40(34)41/h1-33H. The second kappa shape index (κ2) is 12.2. The monoisotopic (exact) mass is 687 g/mol. The molecular weight excluding hydrogens is 655 g/mol. The van der Waals surface area contributed by atoms with Crippen LogP contribution in [0.3, 0.4) is 0 Å². The summed E-state index contributed by atoms with van der Waals surface area (Å²) in [7, 11) is 0. The summed E-state index contributed by atoms with van der Waals surface area (Å²) >= 11 is 0. The first-order valence-electron chi connectivity index (χ1n) is 18.5. The highest BCUT2D eigenvalue weighted by atomic mass is 16.3. The molecule has 0 fully saturated rings. The minimum Gasteiger partial charge on any atom is -0.455 e. The molecule has 0 aliphatic heterocycles. The average molecular weight is 688 g/mol. The van der Waals surface area contributed by atoms with Gasteiger partial charge < -0.3 is 9.32 Å². The van der Waals surface area contributed by atoms with Gasteiger partial charge in [0.2, 0.25) is 0 Å². The molecule has 1 heterocycles. The highest BCUT2D eigenvalue weighted by molar-refractivity contribution is 6.17. The fourth-order valence-electron chi connectivity index (χ4n) is 8.49. The van der Waals surface area contributed by atoms with Crippen molar-refractivity contribution in [2.75, 3.05) is 4.90 Å². The average Bonchev–Trinajstić information content (AvgIpc) is 3.61. The number of para-hydroxylation sites is 2. The van der Waals surface area contributed by atoms with Crippen molar-refractivity contribution in [2.45, 2.75) is 0 Å². The molecule has 0 saturated carbocycles. The zero-order valence-electron chi connectivity index (χ0n) is 29.4. The van der Waals surface area contributed by atoms with Crippen molar-refractivity contribution in [3.8, 4) is 22.3 Å². The topological polar surface area (TPSA) is 16.4 Å². The Bertz CT molecular complexity index is 3220. The second-order valence-corrected chi connectivity index (χ2v) is 14.1. The van der Waals surface area contributed by atoms with Crippen molar-refractivity contribution in [3.05, 3.63) is 200 Å². The van der Waals surface area contributed by atoms with E-state index in [1.165, 1.54) is 54.2 Å². The maximum Gasteiger partial charge on any atom is 0.143 e. The van der Waals surface area contributed by atoms with E-state index in [0.29, 0.717) is 0 Å². The molecule has 0 atom stereocenters. The third-order valence-corrected chi connectivity index (χ3v) is 11.0. The van der Waals surface area contributed by atoms with Crippen LogP contribution in [0, 0.1) is 0 Å². The van der Waals surface area contributed by atoms with Gasteiger partial charge in [0.25, 0.3) is 0 Å². The number of hydrogen-bond donors (Lipinski definition) is 0. The molecule has 0 unspecified atom stereocenters. The van der Waals surface area contributed by atoms with Gasteiger partial charge in [0.1, 0.15) is 11.2 Å². The molecule has 0 amide bonds. The summed E-state index contributed by atoms with van der Waals surface area (Å²) in [5.74, 6) is 0. The van der Waals surface area contributed by atoms with Crippen LogP contribution in [0.5, 0.6) is 0 Å². The minimum atomic E-state index is 0.893. The van der Waals surface area contributed by atoms with Gasteiger partial charge in [0.15, 0.2) is 0 Å². The zero-order chi connectivity index (χ0) is 35.6. The van der Waals surface area contributed by atoms with Gasteiger partial charge in [-0.1, -0.05) is 164 Å². The van der Waals surface area contributed by atoms with E-state index in [-0.39, 0.29) is 0 Å². The van der Waals surface area contributed by atoms with E-state index in [9.17, 15) is 0 Å². The molecule has 11 rings (SSSR count). The maximum atomic E-state index is 6.80. The van der Waals surface area contributed by atoms with Gasteiger partial charge in [-0.3, -0.25) is 0 Å². The summed E-state index contributed by atoms with van der Waals surface area (Å²) in [6, 6.07) is 72.3. The van der Waals surface area contributed by atoms with Gasteiger partial charge in [0, 0.05) is 33.0 Å². The first kappa shape index (κ1) is 30.5. The van der Waals surface area contributed by atoms with Gasteiger partial charge in [-0.2, -0.15) is 0 Å². The van der Waals surface area contributed by atoms with Crippen molar-refractivity contribution in [1.82, 2.24) is 0 Å². The Balaban J connectivity index is 1.16. The SMILES string of the molecule is c1ccc(N(c2ccc(-c3cccc4ccccc34)cc2)c2cc3ccccc3c3ccccc23)c(-c2cccc3c2oc2cc4ccccc4cc23)c1. The predicted molar refractivity (Wildman–Crippen MR) is 229 cm³/mol. The van der Waals surface area contributed by atoms with Crippen LogP contribution in [0.25, 0.3) is 87.3 Å². The second-order valence-electron chi connectivity index (χ2n) is 14.1. The number of nitrogens with zero attached hydrogens (tertiary/aromatic N) is 1. The first-order valence-corrected chi connectivity index (χ1v) is 18.5. The summed E-state index contributed by atoms with van der Waals surface area (Å²) in [4.78, 5) is 2.44. The largest absolute Gasteiger partial charge is 0.455 e. The van der Waals surface area contributed by atoms with Crippen LogP contribution in [0.4, 0.5) is 17.1 Å². The van der Waals surface area contributed by atoms with Crippen molar-refractivity contribution in [1.29, 1.82) is 0 Å². The van der Waals surface area contributed by atoms with E-state index >= 15 is 0 Å². The molecule has 0 radical (unpaired) electrons. The number of anilines is 3. The lowest BCUT2D eigenvalue weighted by Gasteiger charge is -2.29. The van der Waals surface area contributed by atoms with Crippen molar-refractivity contribution in [2.24, 2.45) is 0 Å². The number of fused-ring (bicyclic) bond motifs is 8. The van der Waals surface area contributed by atoms with Crippen molar-refractivity contribution < 1.29 is 4.42 Å². The Morgan fingerprint density at radius 3 is 1.72 bits per heavy atom. The summed E-state index contributed by atoms with van der Waals surface area (Å²) in [6.45, 7) is 0. The lowest BCUT2D eigenvalue weighted by Crippen LogP contribution is -2.12. The normalized spacial score (nSPS) is 11.7. The summed E-state index contributed by atoms with van der Waals surface area (Å²) in [5.41, 5.74) is 9.65. The molecule has 2 heteroatoms. The van der Waals surface area contributed by atoms with E-state index < -0.39 is 0 Å². The van der Waals surface area contributed by atoms with E-state index in [0.717, 1.165) is 50.1 Å². The maximum absolute atomic E-state index is 6.80. The molecule has 0 aliphatic rings. The molecule has 11 aromatic rings. The van der Waals surface area contributed by atoms with E-state index in [1.54, 1.807) is 0 Å². The molecule has 252 valence electrons. The lowest BCUT2D eigenvalue weighted by atomic mass is 9.95. The molecule has 0 spiro atoms. The molecule has 54 heavy (non-hydrogen) atoms. The van der Waals surface area contributed by atoms with Gasteiger partial charge in [0.05, 0.1) is 11.4 Å². The Morgan fingerprint density at radius 2 is 0.889 bits per heavy atom. The first-order chi connectivity index (χ1) is 26.8. The molecule has 0 bridgehead atoms. The van der Waals surface area contributed by atoms with Crippen molar-refractivity contribution in [3.63, 3.8) is 0 Å². The number of rotatable bonds is 5. The quantitative estimate of drug-likeness (QED) is 0.168. The molecular formula is C52H33NO. The van der Waals surface area contributed by atoms with E-state index in [2.05, 4.69) is 205 Å². The molecule has 0 saturated heterocycles. The van der Waals surface area contributed by atoms with Crippen LogP contribution in [-0.2, 0) is 0 Å². The van der Waals surface area contributed by atoms with Gasteiger partial charge in [-0.25, -0.2) is 0 Å². The minimum absolute atomic E-state index is 0.893. The molecule has 10 aromatic carbocycles. The zero-order valence-corrected chi connectivity index (χ0v) is 29.4. The fraction of sp³-hybridized carbons (Fsp3) is 0. The number of furan rings is 1. The van der Waals surface area contributed by atoms with Gasteiger partial charge in [-0.15, -0.1) is 0 Å². The van der Waals surface area contributed by atoms with Crippen LogP contribution >= 0.6 is 0 Å². The summed E-state index contributed by atoms with van der Waals surface area (Å²) in [6.07, 6.45) is 0. The molecule has 0 aliphatic carbocycles. The third kappa shape index (κ3) is 4.81. The van der Waals surface area contributed by atoms with Crippen LogP contribution in [-0.4, -0.2) is 0 Å². The van der Waals surface area contributed by atoms with E-state index in [1.807, 2.05) is 0 Å². The molecule has 1 aromatic heterocycles. The predicted octanol–water partition coefficient (Wildman–Crippen LogP) is 15.0. The Kier molecular flexibility index (Phi) is 6.90. The van der Waals surface area contributed by atoms with E-state index in [4.69, 9.17) is 4.42 Å².